The first-order valence-electron chi connectivity index (χ1n) is 6.39. The maximum atomic E-state index is 5.95. The van der Waals surface area contributed by atoms with E-state index in [1.807, 2.05) is 12.5 Å². The standard InChI is InChI=1S/C12H14ClN7/c13-10-7-11(20-12(18-10)16-8-17-20)15-3-1-2-5-19-6-4-14-9-19/h4,6-9,15H,1-3,5H2. The minimum absolute atomic E-state index is 0.409. The Labute approximate surface area is 120 Å². The van der Waals surface area contributed by atoms with Crippen molar-refractivity contribution >= 4 is 23.2 Å². The van der Waals surface area contributed by atoms with E-state index in [2.05, 4.69) is 29.9 Å². The van der Waals surface area contributed by atoms with Crippen molar-refractivity contribution in [3.05, 3.63) is 36.3 Å². The quantitative estimate of drug-likeness (QED) is 0.554. The molecule has 0 radical (unpaired) electrons. The molecule has 20 heavy (non-hydrogen) atoms. The molecule has 0 aliphatic carbocycles. The van der Waals surface area contributed by atoms with E-state index in [0.717, 1.165) is 31.7 Å². The molecule has 1 N–H and O–H groups in total. The number of unbranched alkanes of at least 4 members (excludes halogenated alkanes) is 1. The zero-order chi connectivity index (χ0) is 13.8. The van der Waals surface area contributed by atoms with Crippen molar-refractivity contribution in [2.45, 2.75) is 19.4 Å². The van der Waals surface area contributed by atoms with Gasteiger partial charge in [0.05, 0.1) is 6.33 Å². The molecule has 0 bridgehead atoms. The molecule has 3 aromatic heterocycles. The lowest BCUT2D eigenvalue weighted by Gasteiger charge is -2.08. The molecule has 0 atom stereocenters. The number of aromatic nitrogens is 6. The number of nitrogens with zero attached hydrogens (tertiary/aromatic N) is 6. The summed E-state index contributed by atoms with van der Waals surface area (Å²) < 4.78 is 3.71. The van der Waals surface area contributed by atoms with E-state index in [9.17, 15) is 0 Å². The van der Waals surface area contributed by atoms with Gasteiger partial charge >= 0.3 is 0 Å². The molecule has 0 aromatic carbocycles. The van der Waals surface area contributed by atoms with Gasteiger partial charge in [-0.25, -0.2) is 4.98 Å². The zero-order valence-corrected chi connectivity index (χ0v) is 11.5. The third-order valence-electron chi connectivity index (χ3n) is 2.93. The van der Waals surface area contributed by atoms with Crippen LogP contribution in [0.3, 0.4) is 0 Å². The van der Waals surface area contributed by atoms with Crippen LogP contribution < -0.4 is 5.32 Å². The van der Waals surface area contributed by atoms with Crippen LogP contribution in [0.1, 0.15) is 12.8 Å². The highest BCUT2D eigenvalue weighted by molar-refractivity contribution is 6.29. The molecule has 0 spiro atoms. The first-order chi connectivity index (χ1) is 9.83. The van der Waals surface area contributed by atoms with Crippen LogP contribution in [0.15, 0.2) is 31.1 Å². The summed E-state index contributed by atoms with van der Waals surface area (Å²) in [7, 11) is 0. The van der Waals surface area contributed by atoms with E-state index in [1.165, 1.54) is 6.33 Å². The summed E-state index contributed by atoms with van der Waals surface area (Å²) in [5.74, 6) is 1.30. The molecule has 0 saturated carbocycles. The Bertz CT molecular complexity index is 676. The van der Waals surface area contributed by atoms with Crippen LogP contribution in [0.4, 0.5) is 5.82 Å². The zero-order valence-electron chi connectivity index (χ0n) is 10.8. The summed E-state index contributed by atoms with van der Waals surface area (Å²) in [5.41, 5.74) is 0. The number of halogens is 1. The second-order valence-corrected chi connectivity index (χ2v) is 4.76. The van der Waals surface area contributed by atoms with Crippen LogP contribution in [-0.4, -0.2) is 35.7 Å². The number of fused-ring (bicyclic) bond motifs is 1. The van der Waals surface area contributed by atoms with Crippen molar-refractivity contribution in [1.82, 2.24) is 29.1 Å². The van der Waals surface area contributed by atoms with Gasteiger partial charge in [0, 0.05) is 31.5 Å². The largest absolute Gasteiger partial charge is 0.370 e. The molecule has 0 aliphatic heterocycles. The lowest BCUT2D eigenvalue weighted by molar-refractivity contribution is 0.620. The topological polar surface area (TPSA) is 72.9 Å². The van der Waals surface area contributed by atoms with Gasteiger partial charge in [-0.2, -0.15) is 19.6 Å². The summed E-state index contributed by atoms with van der Waals surface area (Å²) in [6.45, 7) is 1.81. The fourth-order valence-electron chi connectivity index (χ4n) is 1.96. The SMILES string of the molecule is Clc1cc(NCCCCn2ccnc2)n2ncnc2n1. The summed E-state index contributed by atoms with van der Waals surface area (Å²) in [4.78, 5) is 12.1. The normalized spacial score (nSPS) is 11.1. The summed E-state index contributed by atoms with van der Waals surface area (Å²) >= 11 is 5.95. The molecule has 0 amide bonds. The maximum Gasteiger partial charge on any atom is 0.255 e. The number of anilines is 1. The highest BCUT2D eigenvalue weighted by Crippen LogP contribution is 2.14. The Kier molecular flexibility index (Phi) is 3.78. The van der Waals surface area contributed by atoms with E-state index in [0.29, 0.717) is 10.9 Å². The molecular formula is C12H14ClN7. The van der Waals surface area contributed by atoms with Crippen LogP contribution >= 0.6 is 11.6 Å². The Balaban J connectivity index is 1.53. The van der Waals surface area contributed by atoms with Crippen molar-refractivity contribution in [2.75, 3.05) is 11.9 Å². The fraction of sp³-hybridized carbons (Fsp3) is 0.333. The number of imidazole rings is 1. The Morgan fingerprint density at radius 3 is 3.10 bits per heavy atom. The summed E-state index contributed by atoms with van der Waals surface area (Å²) in [6.07, 6.45) is 9.16. The number of aryl methyl sites for hydroxylation is 1. The molecule has 3 aromatic rings. The minimum Gasteiger partial charge on any atom is -0.370 e. The molecule has 0 saturated heterocycles. The van der Waals surface area contributed by atoms with Gasteiger partial charge in [-0.3, -0.25) is 0 Å². The average Bonchev–Trinajstić information content (AvgIpc) is 3.08. The van der Waals surface area contributed by atoms with Gasteiger partial charge < -0.3 is 9.88 Å². The molecule has 7 nitrogen and oxygen atoms in total. The first kappa shape index (κ1) is 12.9. The molecule has 0 unspecified atom stereocenters. The molecule has 3 heterocycles. The third-order valence-corrected chi connectivity index (χ3v) is 3.12. The monoisotopic (exact) mass is 291 g/mol. The van der Waals surface area contributed by atoms with E-state index >= 15 is 0 Å². The van der Waals surface area contributed by atoms with Gasteiger partial charge in [-0.1, -0.05) is 11.6 Å². The van der Waals surface area contributed by atoms with E-state index in [4.69, 9.17) is 11.6 Å². The van der Waals surface area contributed by atoms with Crippen molar-refractivity contribution in [3.63, 3.8) is 0 Å². The second kappa shape index (κ2) is 5.87. The average molecular weight is 292 g/mol. The second-order valence-electron chi connectivity index (χ2n) is 4.37. The van der Waals surface area contributed by atoms with Gasteiger partial charge in [-0.15, -0.1) is 0 Å². The molecule has 0 aliphatic rings. The Morgan fingerprint density at radius 2 is 2.25 bits per heavy atom. The van der Waals surface area contributed by atoms with Crippen LogP contribution in [-0.2, 0) is 6.54 Å². The summed E-state index contributed by atoms with van der Waals surface area (Å²) in [5, 5.41) is 7.82. The lowest BCUT2D eigenvalue weighted by atomic mass is 10.3. The number of hydrogen-bond acceptors (Lipinski definition) is 5. The van der Waals surface area contributed by atoms with Gasteiger partial charge in [0.1, 0.15) is 17.3 Å². The highest BCUT2D eigenvalue weighted by atomic mass is 35.5. The number of hydrogen-bond donors (Lipinski definition) is 1. The predicted molar refractivity (Wildman–Crippen MR) is 75.7 cm³/mol. The van der Waals surface area contributed by atoms with Crippen molar-refractivity contribution in [2.24, 2.45) is 0 Å². The van der Waals surface area contributed by atoms with E-state index < -0.39 is 0 Å². The van der Waals surface area contributed by atoms with Gasteiger partial charge in [0.2, 0.25) is 0 Å². The Hall–Kier alpha value is -2.15. The summed E-state index contributed by atoms with van der Waals surface area (Å²) in [6, 6.07) is 1.75. The van der Waals surface area contributed by atoms with Crippen molar-refractivity contribution in [3.8, 4) is 0 Å². The molecule has 104 valence electrons. The third kappa shape index (κ3) is 2.88. The minimum atomic E-state index is 0.409. The smallest absolute Gasteiger partial charge is 0.255 e. The fourth-order valence-corrected chi connectivity index (χ4v) is 2.14. The predicted octanol–water partition coefficient (Wildman–Crippen LogP) is 1.87. The molecule has 3 rings (SSSR count). The van der Waals surface area contributed by atoms with E-state index in [1.54, 1.807) is 16.8 Å². The number of nitrogens with one attached hydrogen (secondary N) is 1. The van der Waals surface area contributed by atoms with E-state index in [-0.39, 0.29) is 0 Å². The van der Waals surface area contributed by atoms with Gasteiger partial charge in [0.25, 0.3) is 5.78 Å². The van der Waals surface area contributed by atoms with Crippen LogP contribution in [0, 0.1) is 0 Å². The van der Waals surface area contributed by atoms with Gasteiger partial charge in [0.15, 0.2) is 0 Å². The van der Waals surface area contributed by atoms with Gasteiger partial charge in [-0.05, 0) is 12.8 Å². The van der Waals surface area contributed by atoms with Crippen molar-refractivity contribution < 1.29 is 0 Å². The molecule has 0 fully saturated rings. The maximum absolute atomic E-state index is 5.95. The van der Waals surface area contributed by atoms with Crippen LogP contribution in [0.5, 0.6) is 0 Å². The first-order valence-corrected chi connectivity index (χ1v) is 6.76. The lowest BCUT2D eigenvalue weighted by Crippen LogP contribution is -2.08. The Morgan fingerprint density at radius 1 is 1.30 bits per heavy atom. The van der Waals surface area contributed by atoms with Crippen LogP contribution in [0.25, 0.3) is 5.78 Å². The molecular weight excluding hydrogens is 278 g/mol. The number of rotatable bonds is 6. The highest BCUT2D eigenvalue weighted by Gasteiger charge is 2.05. The van der Waals surface area contributed by atoms with Crippen LogP contribution in [0.2, 0.25) is 5.15 Å². The molecule has 8 heteroatoms. The van der Waals surface area contributed by atoms with Crippen molar-refractivity contribution in [1.29, 1.82) is 0 Å².